The number of benzene rings is 1. The molecule has 1 aliphatic carbocycles. The Bertz CT molecular complexity index is 1060. The normalized spacial score (nSPS) is 33.7. The number of fused-ring (bicyclic) bond motifs is 1. The maximum absolute atomic E-state index is 13.1. The summed E-state index contributed by atoms with van der Waals surface area (Å²) in [6.07, 6.45) is -4.41. The van der Waals surface area contributed by atoms with Gasteiger partial charge in [0.05, 0.1) is 27.5 Å². The number of carbonyl (C=O) groups is 2. The van der Waals surface area contributed by atoms with E-state index in [4.69, 9.17) is 14.0 Å². The Morgan fingerprint density at radius 1 is 1.52 bits per heavy atom. The number of aromatic nitrogens is 2. The summed E-state index contributed by atoms with van der Waals surface area (Å²) >= 11 is 0. The van der Waals surface area contributed by atoms with E-state index in [-0.39, 0.29) is 34.5 Å². The number of carbonyl (C=O) groups excluding carboxylic acids is 2. The van der Waals surface area contributed by atoms with E-state index in [0.717, 1.165) is 6.07 Å². The van der Waals surface area contributed by atoms with Crippen molar-refractivity contribution in [1.29, 1.82) is 0 Å². The molecule has 3 atom stereocenters. The number of ketones is 2. The Morgan fingerprint density at radius 3 is 3.10 bits per heavy atom. The molecule has 1 aliphatic rings. The summed E-state index contributed by atoms with van der Waals surface area (Å²) in [5, 5.41) is -0.366. The first kappa shape index (κ1) is 8.07. The fourth-order valence-corrected chi connectivity index (χ4v) is 2.19. The number of aryl methyl sites for hydroxylation is 1. The molecule has 1 saturated carbocycles. The number of Topliss-reactive ketones (excluding diaryl/α,β-unsaturated/α-hetero) is 2. The van der Waals surface area contributed by atoms with Crippen molar-refractivity contribution in [3.63, 3.8) is 0 Å². The summed E-state index contributed by atoms with van der Waals surface area (Å²) in [6.45, 7) is -0.648. The molecule has 1 fully saturated rings. The van der Waals surface area contributed by atoms with Crippen LogP contribution < -0.4 is 11.3 Å². The van der Waals surface area contributed by atoms with Gasteiger partial charge in [0, 0.05) is 16.2 Å². The van der Waals surface area contributed by atoms with Crippen LogP contribution in [0.2, 0.25) is 0 Å². The molecule has 0 aliphatic heterocycles. The fourth-order valence-electron chi connectivity index (χ4n) is 2.19. The van der Waals surface area contributed by atoms with E-state index < -0.39 is 49.3 Å². The van der Waals surface area contributed by atoms with E-state index in [1.54, 1.807) is 0 Å². The zero-order valence-electron chi connectivity index (χ0n) is 16.8. The van der Waals surface area contributed by atoms with Gasteiger partial charge in [-0.25, -0.2) is 4.98 Å². The summed E-state index contributed by atoms with van der Waals surface area (Å²) in [5.74, 6) is -2.24. The van der Waals surface area contributed by atoms with Crippen LogP contribution in [-0.4, -0.2) is 21.1 Å². The van der Waals surface area contributed by atoms with Gasteiger partial charge >= 0.3 is 0 Å². The van der Waals surface area contributed by atoms with Crippen LogP contribution in [0.1, 0.15) is 39.3 Å². The standard InChI is InChI=1S/C15H15N3O3/c1-8-17-11-4-2-3-10(16)14(11)15(21)18(8)12-6-5-9(19)7-13(12)20/h2-4,12H,5-7,16H2,1H3/i1D,3D,4D,5D,6D,12D. The summed E-state index contributed by atoms with van der Waals surface area (Å²) in [5.41, 5.74) is 4.24. The van der Waals surface area contributed by atoms with Crippen molar-refractivity contribution in [2.24, 2.45) is 0 Å². The third kappa shape index (κ3) is 2.12. The van der Waals surface area contributed by atoms with Gasteiger partial charge in [-0.2, -0.15) is 0 Å². The summed E-state index contributed by atoms with van der Waals surface area (Å²) in [4.78, 5) is 41.3. The van der Waals surface area contributed by atoms with E-state index in [2.05, 4.69) is 4.98 Å². The minimum absolute atomic E-state index is 0.182. The van der Waals surface area contributed by atoms with Gasteiger partial charge in [-0.3, -0.25) is 19.0 Å². The van der Waals surface area contributed by atoms with Crippen LogP contribution in [-0.2, 0) is 9.59 Å². The second-order valence-corrected chi connectivity index (χ2v) is 4.52. The molecule has 3 rings (SSSR count). The highest BCUT2D eigenvalue weighted by atomic mass is 16.2. The molecule has 1 aromatic heterocycles. The summed E-state index contributed by atoms with van der Waals surface area (Å²) < 4.78 is 48.2. The number of nitrogen functional groups attached to an aromatic ring is 1. The van der Waals surface area contributed by atoms with Crippen molar-refractivity contribution in [3.8, 4) is 0 Å². The zero-order chi connectivity index (χ0) is 20.3. The van der Waals surface area contributed by atoms with Crippen LogP contribution in [0.25, 0.3) is 10.9 Å². The average molecular weight is 291 g/mol. The maximum Gasteiger partial charge on any atom is 0.264 e. The Balaban J connectivity index is 2.46. The highest BCUT2D eigenvalue weighted by Crippen LogP contribution is 2.24. The van der Waals surface area contributed by atoms with Crippen molar-refractivity contribution in [1.82, 2.24) is 9.55 Å². The quantitative estimate of drug-likeness (QED) is 0.628. The second kappa shape index (κ2) is 4.80. The lowest BCUT2D eigenvalue weighted by Gasteiger charge is -2.24. The van der Waals surface area contributed by atoms with Gasteiger partial charge in [-0.1, -0.05) is 6.07 Å². The molecule has 6 heteroatoms. The molecule has 2 aromatic rings. The van der Waals surface area contributed by atoms with E-state index in [1.165, 1.54) is 0 Å². The van der Waals surface area contributed by atoms with Gasteiger partial charge in [0.25, 0.3) is 5.56 Å². The minimum Gasteiger partial charge on any atom is -0.398 e. The molecule has 0 amide bonds. The number of anilines is 1. The third-order valence-electron chi connectivity index (χ3n) is 3.15. The lowest BCUT2D eigenvalue weighted by atomic mass is 9.92. The monoisotopic (exact) mass is 291 g/mol. The number of hydrogen-bond acceptors (Lipinski definition) is 5. The fraction of sp³-hybridized carbons (Fsp3) is 0.333. The molecule has 0 spiro atoms. The summed E-state index contributed by atoms with van der Waals surface area (Å²) in [7, 11) is 0. The van der Waals surface area contributed by atoms with Crippen LogP contribution in [0.4, 0.5) is 5.69 Å². The lowest BCUT2D eigenvalue weighted by molar-refractivity contribution is -0.132. The lowest BCUT2D eigenvalue weighted by Crippen LogP contribution is -2.36. The van der Waals surface area contributed by atoms with Crippen molar-refractivity contribution < 1.29 is 17.8 Å². The third-order valence-corrected chi connectivity index (χ3v) is 3.15. The molecule has 0 saturated heterocycles. The van der Waals surface area contributed by atoms with Crippen molar-refractivity contribution in [3.05, 3.63) is 34.3 Å². The Hall–Kier alpha value is -2.50. The first-order valence-electron chi connectivity index (χ1n) is 9.43. The summed E-state index contributed by atoms with van der Waals surface area (Å²) in [6, 6.07) is -2.16. The van der Waals surface area contributed by atoms with Crippen LogP contribution in [0, 0.1) is 6.90 Å². The number of hydrogen-bond donors (Lipinski definition) is 1. The average Bonchev–Trinajstić information content (AvgIpc) is 2.62. The van der Waals surface area contributed by atoms with Crippen molar-refractivity contribution in [2.75, 3.05) is 5.73 Å². The zero-order valence-corrected chi connectivity index (χ0v) is 10.8. The largest absolute Gasteiger partial charge is 0.398 e. The number of nitrogens with zero attached hydrogens (tertiary/aromatic N) is 2. The molecular formula is C15H15N3O3. The van der Waals surface area contributed by atoms with Gasteiger partial charge < -0.3 is 5.73 Å². The predicted molar refractivity (Wildman–Crippen MR) is 78.1 cm³/mol. The Morgan fingerprint density at radius 2 is 2.33 bits per heavy atom. The maximum atomic E-state index is 13.1. The van der Waals surface area contributed by atoms with E-state index in [9.17, 15) is 14.4 Å². The van der Waals surface area contributed by atoms with Gasteiger partial charge in [0.2, 0.25) is 0 Å². The molecule has 6 nitrogen and oxygen atoms in total. The highest BCUT2D eigenvalue weighted by molar-refractivity contribution is 6.03. The molecule has 1 aromatic carbocycles. The van der Waals surface area contributed by atoms with Crippen LogP contribution in [0.5, 0.6) is 0 Å². The molecule has 108 valence electrons. The van der Waals surface area contributed by atoms with Gasteiger partial charge in [0.1, 0.15) is 11.6 Å². The predicted octanol–water partition coefficient (Wildman–Crippen LogP) is 1.15. The molecule has 1 heterocycles. The van der Waals surface area contributed by atoms with Gasteiger partial charge in [-0.15, -0.1) is 0 Å². The van der Waals surface area contributed by atoms with Crippen molar-refractivity contribution in [2.45, 2.75) is 32.1 Å². The molecule has 0 bridgehead atoms. The smallest absolute Gasteiger partial charge is 0.264 e. The second-order valence-electron chi connectivity index (χ2n) is 4.52. The van der Waals surface area contributed by atoms with Crippen LogP contribution in [0.15, 0.2) is 22.9 Å². The van der Waals surface area contributed by atoms with Crippen LogP contribution in [0.3, 0.4) is 0 Å². The van der Waals surface area contributed by atoms with Gasteiger partial charge in [0.15, 0.2) is 5.78 Å². The molecule has 0 radical (unpaired) electrons. The molecule has 2 N–H and O–H groups in total. The van der Waals surface area contributed by atoms with E-state index >= 15 is 0 Å². The number of nitrogens with two attached hydrogens (primary N) is 1. The molecule has 3 unspecified atom stereocenters. The molecule has 21 heavy (non-hydrogen) atoms. The van der Waals surface area contributed by atoms with Crippen molar-refractivity contribution >= 4 is 28.2 Å². The Kier molecular flexibility index (Phi) is 1.84. The number of rotatable bonds is 1. The van der Waals surface area contributed by atoms with E-state index in [0.29, 0.717) is 4.57 Å². The first-order valence-corrected chi connectivity index (χ1v) is 6.07. The van der Waals surface area contributed by atoms with E-state index in [1.807, 2.05) is 0 Å². The highest BCUT2D eigenvalue weighted by Gasteiger charge is 2.30. The SMILES string of the molecule is [2H]Cc1nc2c([2H])cc([2H])c(N)c2c(=O)n1C1([2H])C(=O)CC(=O)C([2H])C1[2H]. The minimum atomic E-state index is -2.64. The molecular weight excluding hydrogens is 270 g/mol. The topological polar surface area (TPSA) is 95.0 Å². The van der Waals surface area contributed by atoms with Gasteiger partial charge in [-0.05, 0) is 25.4 Å². The first-order chi connectivity index (χ1) is 12.5. The Labute approximate surface area is 129 Å². The van der Waals surface area contributed by atoms with Crippen LogP contribution >= 0.6 is 0 Å².